The second-order valence-corrected chi connectivity index (χ2v) is 2.77. The van der Waals surface area contributed by atoms with Gasteiger partial charge in [0.05, 0.1) is 0 Å². The minimum atomic E-state index is -0.766. The van der Waals surface area contributed by atoms with Gasteiger partial charge in [-0.2, -0.15) is 0 Å². The van der Waals surface area contributed by atoms with E-state index in [1.165, 1.54) is 30.9 Å². The van der Waals surface area contributed by atoms with Crippen LogP contribution in [0, 0.1) is 0 Å². The Morgan fingerprint density at radius 3 is 2.23 bits per heavy atom. The zero-order chi connectivity index (χ0) is 10.4. The molecule has 2 atom stereocenters. The zero-order valence-electron chi connectivity index (χ0n) is 7.84. The molecule has 0 aromatic heterocycles. The fraction of sp³-hybridized carbons (Fsp3) is 0.625. The van der Waals surface area contributed by atoms with Crippen LogP contribution in [0.25, 0.3) is 0 Å². The molecule has 5 nitrogen and oxygen atoms in total. The van der Waals surface area contributed by atoms with Crippen molar-refractivity contribution in [2.24, 2.45) is 5.73 Å². The van der Waals surface area contributed by atoms with E-state index in [-0.39, 0.29) is 6.54 Å². The first-order chi connectivity index (χ1) is 5.95. The second-order valence-electron chi connectivity index (χ2n) is 2.77. The van der Waals surface area contributed by atoms with Crippen molar-refractivity contribution < 1.29 is 15.0 Å². The van der Waals surface area contributed by atoms with E-state index in [4.69, 9.17) is 15.9 Å². The van der Waals surface area contributed by atoms with Gasteiger partial charge in [-0.05, 0) is 19.9 Å². The number of rotatable bonds is 5. The van der Waals surface area contributed by atoms with Gasteiger partial charge in [-0.1, -0.05) is 6.08 Å². The number of hydrogen-bond acceptors (Lipinski definition) is 4. The van der Waals surface area contributed by atoms with E-state index in [9.17, 15) is 4.79 Å². The summed E-state index contributed by atoms with van der Waals surface area (Å²) in [7, 11) is 0. The van der Waals surface area contributed by atoms with Crippen molar-refractivity contribution in [2.45, 2.75) is 26.3 Å². The molecule has 0 saturated heterocycles. The van der Waals surface area contributed by atoms with Crippen LogP contribution in [0.4, 0.5) is 0 Å². The Balaban J connectivity index is 4.04. The smallest absolute Gasteiger partial charge is 0.241 e. The summed E-state index contributed by atoms with van der Waals surface area (Å²) in [6, 6.07) is 0. The van der Waals surface area contributed by atoms with Gasteiger partial charge in [-0.25, -0.2) is 4.90 Å². The lowest BCUT2D eigenvalue weighted by atomic mass is 10.4. The number of carbonyl (C=O) groups is 1. The first-order valence-corrected chi connectivity index (χ1v) is 4.03. The monoisotopic (exact) mass is 188 g/mol. The van der Waals surface area contributed by atoms with Crippen LogP contribution in [-0.2, 0) is 4.79 Å². The standard InChI is InChI=1S/C8H16N2O3/c1-6(11)10(7(2)12)5-3-4-8(9)13/h3-4,6-7,11-12H,5H2,1-2H3,(H2,9,13). The van der Waals surface area contributed by atoms with E-state index in [1.54, 1.807) is 0 Å². The van der Waals surface area contributed by atoms with Crippen LogP contribution in [0.3, 0.4) is 0 Å². The minimum absolute atomic E-state index is 0.276. The van der Waals surface area contributed by atoms with Crippen LogP contribution in [0.1, 0.15) is 13.8 Å². The summed E-state index contributed by atoms with van der Waals surface area (Å²) in [5.74, 6) is -0.545. The fourth-order valence-corrected chi connectivity index (χ4v) is 0.908. The average Bonchev–Trinajstić information content (AvgIpc) is 1.95. The van der Waals surface area contributed by atoms with Gasteiger partial charge in [-0.3, -0.25) is 4.79 Å². The van der Waals surface area contributed by atoms with Gasteiger partial charge < -0.3 is 15.9 Å². The molecule has 0 radical (unpaired) electrons. The molecule has 0 aliphatic heterocycles. The largest absolute Gasteiger partial charge is 0.379 e. The highest BCUT2D eigenvalue weighted by molar-refractivity contribution is 5.85. The molecule has 0 heterocycles. The van der Waals surface area contributed by atoms with Crippen LogP contribution in [0.2, 0.25) is 0 Å². The van der Waals surface area contributed by atoms with E-state index in [0.29, 0.717) is 0 Å². The molecule has 13 heavy (non-hydrogen) atoms. The lowest BCUT2D eigenvalue weighted by Gasteiger charge is -2.26. The highest BCUT2D eigenvalue weighted by atomic mass is 16.3. The van der Waals surface area contributed by atoms with Crippen molar-refractivity contribution in [1.82, 2.24) is 4.90 Å². The van der Waals surface area contributed by atoms with Crippen LogP contribution in [0.5, 0.6) is 0 Å². The molecule has 0 rings (SSSR count). The zero-order valence-corrected chi connectivity index (χ0v) is 7.84. The molecule has 0 saturated carbocycles. The molecule has 4 N–H and O–H groups in total. The molecular formula is C8H16N2O3. The molecular weight excluding hydrogens is 172 g/mol. The summed E-state index contributed by atoms with van der Waals surface area (Å²) < 4.78 is 0. The third kappa shape index (κ3) is 5.35. The molecule has 0 bridgehead atoms. The Labute approximate surface area is 77.5 Å². The number of nitrogens with zero attached hydrogens (tertiary/aromatic N) is 1. The quantitative estimate of drug-likeness (QED) is 0.382. The normalized spacial score (nSPS) is 16.4. The maximum Gasteiger partial charge on any atom is 0.241 e. The van der Waals surface area contributed by atoms with Gasteiger partial charge in [0.15, 0.2) is 0 Å². The van der Waals surface area contributed by atoms with Crippen LogP contribution in [0.15, 0.2) is 12.2 Å². The second kappa shape index (κ2) is 5.69. The van der Waals surface area contributed by atoms with Crippen molar-refractivity contribution in [3.63, 3.8) is 0 Å². The molecule has 0 aromatic carbocycles. The van der Waals surface area contributed by atoms with Crippen LogP contribution >= 0.6 is 0 Å². The van der Waals surface area contributed by atoms with Crippen molar-refractivity contribution in [3.05, 3.63) is 12.2 Å². The topological polar surface area (TPSA) is 86.8 Å². The van der Waals surface area contributed by atoms with E-state index in [1.807, 2.05) is 0 Å². The summed E-state index contributed by atoms with van der Waals surface area (Å²) in [6.07, 6.45) is 1.15. The number of aliphatic hydroxyl groups excluding tert-OH is 2. The number of aliphatic hydroxyl groups is 2. The van der Waals surface area contributed by atoms with Crippen molar-refractivity contribution in [1.29, 1.82) is 0 Å². The predicted octanol–water partition coefficient (Wildman–Crippen LogP) is -0.993. The predicted molar refractivity (Wildman–Crippen MR) is 48.4 cm³/mol. The molecule has 0 aliphatic carbocycles. The summed E-state index contributed by atoms with van der Waals surface area (Å²) in [4.78, 5) is 11.7. The van der Waals surface area contributed by atoms with Crippen LogP contribution < -0.4 is 5.73 Å². The van der Waals surface area contributed by atoms with E-state index in [0.717, 1.165) is 0 Å². The lowest BCUT2D eigenvalue weighted by molar-refractivity contribution is -0.113. The SMILES string of the molecule is CC(O)N(CC=CC(N)=O)C(C)O. The highest BCUT2D eigenvalue weighted by Crippen LogP contribution is 2.00. The number of carbonyl (C=O) groups excluding carboxylic acids is 1. The summed E-state index contributed by atoms with van der Waals surface area (Å²) in [5.41, 5.74) is 4.86. The molecule has 0 aromatic rings. The molecule has 0 fully saturated rings. The highest BCUT2D eigenvalue weighted by Gasteiger charge is 2.13. The summed E-state index contributed by atoms with van der Waals surface area (Å²) in [5, 5.41) is 18.3. The van der Waals surface area contributed by atoms with E-state index in [2.05, 4.69) is 0 Å². The maximum atomic E-state index is 10.3. The van der Waals surface area contributed by atoms with Crippen molar-refractivity contribution in [3.8, 4) is 0 Å². The van der Waals surface area contributed by atoms with Gasteiger partial charge in [0.1, 0.15) is 12.5 Å². The molecule has 0 spiro atoms. The average molecular weight is 188 g/mol. The Hall–Kier alpha value is -0.910. The number of nitrogens with two attached hydrogens (primary N) is 1. The molecule has 2 unspecified atom stereocenters. The van der Waals surface area contributed by atoms with Crippen LogP contribution in [-0.4, -0.2) is 40.0 Å². The number of hydrogen-bond donors (Lipinski definition) is 3. The van der Waals surface area contributed by atoms with Crippen molar-refractivity contribution >= 4 is 5.91 Å². The molecule has 76 valence electrons. The fourth-order valence-electron chi connectivity index (χ4n) is 0.908. The van der Waals surface area contributed by atoms with Gasteiger partial charge in [0, 0.05) is 6.54 Å². The van der Waals surface area contributed by atoms with Gasteiger partial charge in [0.2, 0.25) is 5.91 Å². The Morgan fingerprint density at radius 1 is 1.46 bits per heavy atom. The third-order valence-corrected chi connectivity index (χ3v) is 1.56. The maximum absolute atomic E-state index is 10.3. The van der Waals surface area contributed by atoms with Crippen molar-refractivity contribution in [2.75, 3.05) is 6.54 Å². The van der Waals surface area contributed by atoms with Gasteiger partial charge in [-0.15, -0.1) is 0 Å². The lowest BCUT2D eigenvalue weighted by Crippen LogP contribution is -2.40. The summed E-state index contributed by atoms with van der Waals surface area (Å²) >= 11 is 0. The van der Waals surface area contributed by atoms with E-state index >= 15 is 0 Å². The minimum Gasteiger partial charge on any atom is -0.379 e. The Morgan fingerprint density at radius 2 is 1.92 bits per heavy atom. The Kier molecular flexibility index (Phi) is 5.29. The summed E-state index contributed by atoms with van der Waals surface area (Å²) in [6.45, 7) is 3.34. The number of primary amides is 1. The van der Waals surface area contributed by atoms with Gasteiger partial charge in [0.25, 0.3) is 0 Å². The van der Waals surface area contributed by atoms with Gasteiger partial charge >= 0.3 is 0 Å². The molecule has 5 heteroatoms. The molecule has 1 amide bonds. The third-order valence-electron chi connectivity index (χ3n) is 1.56. The Bertz CT molecular complexity index is 182. The first-order valence-electron chi connectivity index (χ1n) is 4.03. The first kappa shape index (κ1) is 12.1. The number of amides is 1. The van der Waals surface area contributed by atoms with E-state index < -0.39 is 18.4 Å². The molecule has 0 aliphatic rings.